The van der Waals surface area contributed by atoms with E-state index in [9.17, 15) is 0 Å². The van der Waals surface area contributed by atoms with Gasteiger partial charge in [0.2, 0.25) is 5.95 Å². The van der Waals surface area contributed by atoms with Crippen molar-refractivity contribution in [2.45, 2.75) is 26.4 Å². The van der Waals surface area contributed by atoms with Gasteiger partial charge in [0, 0.05) is 12.7 Å². The third kappa shape index (κ3) is 4.32. The second-order valence-corrected chi connectivity index (χ2v) is 5.88. The van der Waals surface area contributed by atoms with Gasteiger partial charge in [-0.15, -0.1) is 0 Å². The number of aryl methyl sites for hydroxylation is 1. The number of rotatable bonds is 6. The topological polar surface area (TPSA) is 49.8 Å². The highest BCUT2D eigenvalue weighted by Crippen LogP contribution is 2.17. The molecule has 2 aromatic carbocycles. The SMILES string of the molecule is Cc1cccc(CNc2ccnc(NC(C)c3ccccc3)n2)c1. The highest BCUT2D eigenvalue weighted by atomic mass is 15.1. The maximum Gasteiger partial charge on any atom is 0.225 e. The fraction of sp³-hybridized carbons (Fsp3) is 0.200. The van der Waals surface area contributed by atoms with E-state index < -0.39 is 0 Å². The normalized spacial score (nSPS) is 11.8. The summed E-state index contributed by atoms with van der Waals surface area (Å²) in [6.45, 7) is 4.94. The zero-order valence-corrected chi connectivity index (χ0v) is 14.0. The maximum absolute atomic E-state index is 4.54. The van der Waals surface area contributed by atoms with Gasteiger partial charge in [0.25, 0.3) is 0 Å². The molecule has 0 amide bonds. The van der Waals surface area contributed by atoms with Crippen molar-refractivity contribution in [3.63, 3.8) is 0 Å². The molecule has 0 aliphatic heterocycles. The summed E-state index contributed by atoms with van der Waals surface area (Å²) < 4.78 is 0. The summed E-state index contributed by atoms with van der Waals surface area (Å²) in [6.07, 6.45) is 1.77. The molecule has 3 rings (SSSR count). The van der Waals surface area contributed by atoms with Gasteiger partial charge in [-0.25, -0.2) is 4.98 Å². The van der Waals surface area contributed by atoms with E-state index in [1.165, 1.54) is 16.7 Å². The molecule has 0 saturated heterocycles. The van der Waals surface area contributed by atoms with E-state index in [1.54, 1.807) is 6.20 Å². The monoisotopic (exact) mass is 318 g/mol. The number of anilines is 2. The smallest absolute Gasteiger partial charge is 0.225 e. The lowest BCUT2D eigenvalue weighted by Crippen LogP contribution is -2.10. The van der Waals surface area contributed by atoms with E-state index >= 15 is 0 Å². The fourth-order valence-electron chi connectivity index (χ4n) is 2.56. The standard InChI is InChI=1S/C20H22N4/c1-15-7-6-8-17(13-15)14-22-19-11-12-21-20(24-19)23-16(2)18-9-4-3-5-10-18/h3-13,16H,14H2,1-2H3,(H2,21,22,23,24). The Labute approximate surface area is 143 Å². The Hall–Kier alpha value is -2.88. The molecule has 4 heteroatoms. The van der Waals surface area contributed by atoms with Crippen LogP contribution in [-0.4, -0.2) is 9.97 Å². The van der Waals surface area contributed by atoms with Crippen LogP contribution in [0.5, 0.6) is 0 Å². The largest absolute Gasteiger partial charge is 0.366 e. The molecule has 0 fully saturated rings. The van der Waals surface area contributed by atoms with Gasteiger partial charge in [-0.05, 0) is 31.0 Å². The molecule has 0 radical (unpaired) electrons. The molecule has 122 valence electrons. The summed E-state index contributed by atoms with van der Waals surface area (Å²) in [7, 11) is 0. The third-order valence-electron chi connectivity index (χ3n) is 3.86. The number of nitrogens with zero attached hydrogens (tertiary/aromatic N) is 2. The summed E-state index contributed by atoms with van der Waals surface area (Å²) in [5, 5.41) is 6.69. The zero-order valence-electron chi connectivity index (χ0n) is 14.0. The minimum Gasteiger partial charge on any atom is -0.366 e. The van der Waals surface area contributed by atoms with Gasteiger partial charge in [-0.1, -0.05) is 60.2 Å². The van der Waals surface area contributed by atoms with Crippen molar-refractivity contribution in [3.8, 4) is 0 Å². The van der Waals surface area contributed by atoms with Crippen LogP contribution in [0, 0.1) is 6.92 Å². The van der Waals surface area contributed by atoms with Crippen LogP contribution in [0.2, 0.25) is 0 Å². The minimum atomic E-state index is 0.151. The van der Waals surface area contributed by atoms with Crippen molar-refractivity contribution in [1.82, 2.24) is 9.97 Å². The highest BCUT2D eigenvalue weighted by molar-refractivity contribution is 5.41. The molecule has 3 aromatic rings. The van der Waals surface area contributed by atoms with E-state index in [1.807, 2.05) is 24.3 Å². The molecule has 0 aliphatic carbocycles. The van der Waals surface area contributed by atoms with Crippen LogP contribution in [0.15, 0.2) is 66.9 Å². The summed E-state index contributed by atoms with van der Waals surface area (Å²) in [5.74, 6) is 1.44. The molecule has 1 atom stereocenters. The molecule has 0 aliphatic rings. The third-order valence-corrected chi connectivity index (χ3v) is 3.86. The average molecular weight is 318 g/mol. The summed E-state index contributed by atoms with van der Waals surface area (Å²) in [6, 6.07) is 20.8. The predicted molar refractivity (Wildman–Crippen MR) is 99.0 cm³/mol. The van der Waals surface area contributed by atoms with Crippen LogP contribution >= 0.6 is 0 Å². The Balaban J connectivity index is 1.63. The van der Waals surface area contributed by atoms with Crippen LogP contribution < -0.4 is 10.6 Å². The molecular formula is C20H22N4. The Kier molecular flexibility index (Phi) is 5.06. The van der Waals surface area contributed by atoms with Gasteiger partial charge in [0.05, 0.1) is 6.04 Å². The first-order valence-corrected chi connectivity index (χ1v) is 8.14. The van der Waals surface area contributed by atoms with E-state index in [0.717, 1.165) is 12.4 Å². The highest BCUT2D eigenvalue weighted by Gasteiger charge is 2.07. The first-order valence-electron chi connectivity index (χ1n) is 8.14. The van der Waals surface area contributed by atoms with E-state index in [0.29, 0.717) is 5.95 Å². The van der Waals surface area contributed by atoms with Crippen LogP contribution in [-0.2, 0) is 6.54 Å². The lowest BCUT2D eigenvalue weighted by atomic mass is 10.1. The van der Waals surface area contributed by atoms with Crippen molar-refractivity contribution < 1.29 is 0 Å². The van der Waals surface area contributed by atoms with Crippen molar-refractivity contribution in [1.29, 1.82) is 0 Å². The second kappa shape index (κ2) is 7.59. The van der Waals surface area contributed by atoms with Gasteiger partial charge >= 0.3 is 0 Å². The molecular weight excluding hydrogens is 296 g/mol. The zero-order chi connectivity index (χ0) is 16.8. The van der Waals surface area contributed by atoms with Gasteiger partial charge in [0.15, 0.2) is 0 Å². The lowest BCUT2D eigenvalue weighted by Gasteiger charge is -2.15. The fourth-order valence-corrected chi connectivity index (χ4v) is 2.56. The first kappa shape index (κ1) is 16.0. The molecule has 0 saturated carbocycles. The van der Waals surface area contributed by atoms with Crippen molar-refractivity contribution in [3.05, 3.63) is 83.6 Å². The second-order valence-electron chi connectivity index (χ2n) is 5.88. The van der Waals surface area contributed by atoms with E-state index in [4.69, 9.17) is 0 Å². The molecule has 4 nitrogen and oxygen atoms in total. The molecule has 1 heterocycles. The van der Waals surface area contributed by atoms with Crippen LogP contribution in [0.3, 0.4) is 0 Å². The van der Waals surface area contributed by atoms with Gasteiger partial charge in [0.1, 0.15) is 5.82 Å². The number of aromatic nitrogens is 2. The van der Waals surface area contributed by atoms with E-state index in [2.05, 4.69) is 70.8 Å². The molecule has 1 aromatic heterocycles. The van der Waals surface area contributed by atoms with Gasteiger partial charge in [-0.2, -0.15) is 4.98 Å². The van der Waals surface area contributed by atoms with Crippen molar-refractivity contribution in [2.24, 2.45) is 0 Å². The Bertz CT molecular complexity index is 786. The van der Waals surface area contributed by atoms with Crippen LogP contribution in [0.1, 0.15) is 29.7 Å². The maximum atomic E-state index is 4.54. The average Bonchev–Trinajstić information content (AvgIpc) is 2.61. The number of hydrogen-bond acceptors (Lipinski definition) is 4. The summed E-state index contributed by atoms with van der Waals surface area (Å²) in [5.41, 5.74) is 3.70. The number of hydrogen-bond donors (Lipinski definition) is 2. The van der Waals surface area contributed by atoms with Crippen LogP contribution in [0.4, 0.5) is 11.8 Å². The summed E-state index contributed by atoms with van der Waals surface area (Å²) >= 11 is 0. The van der Waals surface area contributed by atoms with Crippen LogP contribution in [0.25, 0.3) is 0 Å². The molecule has 2 N–H and O–H groups in total. The summed E-state index contributed by atoms with van der Waals surface area (Å²) in [4.78, 5) is 8.85. The Morgan fingerprint density at radius 3 is 2.62 bits per heavy atom. The molecule has 24 heavy (non-hydrogen) atoms. The lowest BCUT2D eigenvalue weighted by molar-refractivity contribution is 0.860. The number of benzene rings is 2. The Morgan fingerprint density at radius 1 is 1.00 bits per heavy atom. The Morgan fingerprint density at radius 2 is 1.83 bits per heavy atom. The van der Waals surface area contributed by atoms with Gasteiger partial charge in [-0.3, -0.25) is 0 Å². The predicted octanol–water partition coefficient (Wildman–Crippen LogP) is 4.57. The molecule has 0 bridgehead atoms. The van der Waals surface area contributed by atoms with Crippen molar-refractivity contribution >= 4 is 11.8 Å². The first-order chi connectivity index (χ1) is 11.7. The van der Waals surface area contributed by atoms with Gasteiger partial charge < -0.3 is 10.6 Å². The van der Waals surface area contributed by atoms with E-state index in [-0.39, 0.29) is 6.04 Å². The van der Waals surface area contributed by atoms with Crippen molar-refractivity contribution in [2.75, 3.05) is 10.6 Å². The minimum absolute atomic E-state index is 0.151. The molecule has 0 spiro atoms. The quantitative estimate of drug-likeness (QED) is 0.699. The molecule has 1 unspecified atom stereocenters. The number of nitrogens with one attached hydrogen (secondary N) is 2.